The number of hydrogen-bond donors (Lipinski definition) is 1. The predicted molar refractivity (Wildman–Crippen MR) is 136 cm³/mol. The summed E-state index contributed by atoms with van der Waals surface area (Å²) < 4.78 is 11.2. The van der Waals surface area contributed by atoms with Crippen molar-refractivity contribution in [2.24, 2.45) is 0 Å². The summed E-state index contributed by atoms with van der Waals surface area (Å²) in [5.41, 5.74) is 1.89. The lowest BCUT2D eigenvalue weighted by atomic mass is 9.95. The molecular formula is C29H28N2O5. The SMILES string of the molecule is C=CCOc1ccc(C2/C(=C(/O)c3ccc(OC(C)C)cc3)C(=O)C(=O)N2Cc2cccnc2)cc1. The average Bonchev–Trinajstić information content (AvgIpc) is 3.13. The number of carbonyl (C=O) groups excluding carboxylic acids is 2. The zero-order valence-electron chi connectivity index (χ0n) is 20.3. The third-order valence-corrected chi connectivity index (χ3v) is 5.68. The molecule has 1 fully saturated rings. The van der Waals surface area contributed by atoms with E-state index < -0.39 is 17.7 Å². The largest absolute Gasteiger partial charge is 0.507 e. The van der Waals surface area contributed by atoms with Gasteiger partial charge in [-0.1, -0.05) is 30.9 Å². The van der Waals surface area contributed by atoms with Crippen LogP contribution in [0, 0.1) is 0 Å². The molecule has 1 unspecified atom stereocenters. The van der Waals surface area contributed by atoms with Crippen LogP contribution in [0.2, 0.25) is 0 Å². The van der Waals surface area contributed by atoms with E-state index in [1.54, 1.807) is 73.1 Å². The summed E-state index contributed by atoms with van der Waals surface area (Å²) in [6.45, 7) is 8.01. The lowest BCUT2D eigenvalue weighted by Gasteiger charge is -2.25. The molecule has 1 amide bonds. The van der Waals surface area contributed by atoms with Crippen molar-refractivity contribution >= 4 is 17.4 Å². The number of ether oxygens (including phenoxy) is 2. The number of hydrogen-bond acceptors (Lipinski definition) is 6. The van der Waals surface area contributed by atoms with Gasteiger partial charge in [-0.3, -0.25) is 14.6 Å². The highest BCUT2D eigenvalue weighted by Crippen LogP contribution is 2.40. The standard InChI is InChI=1S/C29H28N2O5/c1-4-16-35-23-11-7-21(8-12-23)26-25(27(32)22-9-13-24(14-10-22)36-19(2)3)28(33)29(34)31(26)18-20-6-5-15-30-17-20/h4-15,17,19,26,32H,1,16,18H2,2-3H3/b27-25-. The fourth-order valence-electron chi connectivity index (χ4n) is 4.10. The Kier molecular flexibility index (Phi) is 7.49. The number of benzene rings is 2. The zero-order valence-corrected chi connectivity index (χ0v) is 20.3. The van der Waals surface area contributed by atoms with Gasteiger partial charge in [0.05, 0.1) is 17.7 Å². The molecule has 1 N–H and O–H groups in total. The molecule has 0 bridgehead atoms. The van der Waals surface area contributed by atoms with Crippen LogP contribution in [-0.2, 0) is 16.1 Å². The van der Waals surface area contributed by atoms with Crippen LogP contribution in [-0.4, -0.2) is 39.4 Å². The Morgan fingerprint density at radius 3 is 2.39 bits per heavy atom. The number of aromatic nitrogens is 1. The first-order chi connectivity index (χ1) is 17.4. The van der Waals surface area contributed by atoms with E-state index >= 15 is 0 Å². The first-order valence-corrected chi connectivity index (χ1v) is 11.7. The van der Waals surface area contributed by atoms with Crippen molar-refractivity contribution in [2.75, 3.05) is 6.61 Å². The van der Waals surface area contributed by atoms with Crippen LogP contribution >= 0.6 is 0 Å². The number of pyridine rings is 1. The Hall–Kier alpha value is -4.39. The summed E-state index contributed by atoms with van der Waals surface area (Å²) in [5.74, 6) is -0.392. The van der Waals surface area contributed by atoms with Gasteiger partial charge in [-0.2, -0.15) is 0 Å². The number of Topliss-reactive ketones (excluding diaryl/α,β-unsaturated/α-hetero) is 1. The molecule has 1 saturated heterocycles. The molecule has 184 valence electrons. The van der Waals surface area contributed by atoms with Crippen LogP contribution in [0.1, 0.15) is 36.6 Å². The fraction of sp³-hybridized carbons (Fsp3) is 0.207. The van der Waals surface area contributed by atoms with Crippen molar-refractivity contribution in [1.82, 2.24) is 9.88 Å². The first kappa shape index (κ1) is 24.7. The predicted octanol–water partition coefficient (Wildman–Crippen LogP) is 5.06. The summed E-state index contributed by atoms with van der Waals surface area (Å²) in [6, 6.07) is 16.7. The quantitative estimate of drug-likeness (QED) is 0.198. The van der Waals surface area contributed by atoms with Gasteiger partial charge in [0.2, 0.25) is 0 Å². The zero-order chi connectivity index (χ0) is 25.7. The van der Waals surface area contributed by atoms with Gasteiger partial charge in [-0.25, -0.2) is 0 Å². The van der Waals surface area contributed by atoms with E-state index in [1.807, 2.05) is 19.9 Å². The van der Waals surface area contributed by atoms with E-state index in [1.165, 1.54) is 4.90 Å². The maximum atomic E-state index is 13.2. The smallest absolute Gasteiger partial charge is 0.295 e. The summed E-state index contributed by atoms with van der Waals surface area (Å²) in [4.78, 5) is 32.0. The molecule has 1 aliphatic rings. The molecule has 0 radical (unpaired) electrons. The number of nitrogens with zero attached hydrogens (tertiary/aromatic N) is 2. The Bertz CT molecular complexity index is 1270. The average molecular weight is 485 g/mol. The number of aliphatic hydroxyl groups is 1. The maximum Gasteiger partial charge on any atom is 0.295 e. The highest BCUT2D eigenvalue weighted by atomic mass is 16.5. The van der Waals surface area contributed by atoms with Crippen molar-refractivity contribution in [2.45, 2.75) is 32.5 Å². The third kappa shape index (κ3) is 5.30. The normalized spacial score (nSPS) is 16.9. The van der Waals surface area contributed by atoms with Crippen molar-refractivity contribution in [3.8, 4) is 11.5 Å². The van der Waals surface area contributed by atoms with E-state index in [0.29, 0.717) is 29.2 Å². The molecule has 1 atom stereocenters. The lowest BCUT2D eigenvalue weighted by molar-refractivity contribution is -0.140. The van der Waals surface area contributed by atoms with Gasteiger partial charge in [0.25, 0.3) is 11.7 Å². The molecule has 0 aliphatic carbocycles. The van der Waals surface area contributed by atoms with Gasteiger partial charge in [-0.15, -0.1) is 0 Å². The number of aliphatic hydroxyl groups excluding tert-OH is 1. The minimum absolute atomic E-state index is 0.000629. The molecule has 7 heteroatoms. The van der Waals surface area contributed by atoms with E-state index in [0.717, 1.165) is 5.56 Å². The second kappa shape index (κ2) is 10.9. The molecule has 3 aromatic rings. The molecule has 1 aliphatic heterocycles. The van der Waals surface area contributed by atoms with Crippen LogP contribution in [0.15, 0.2) is 91.3 Å². The molecule has 2 heterocycles. The van der Waals surface area contributed by atoms with Crippen LogP contribution in [0.3, 0.4) is 0 Å². The van der Waals surface area contributed by atoms with Crippen LogP contribution in [0.25, 0.3) is 5.76 Å². The van der Waals surface area contributed by atoms with Gasteiger partial charge in [0, 0.05) is 24.5 Å². The molecule has 1 aromatic heterocycles. The van der Waals surface area contributed by atoms with Crippen LogP contribution in [0.4, 0.5) is 0 Å². The van der Waals surface area contributed by atoms with Crippen molar-refractivity contribution in [3.05, 3.63) is 108 Å². The molecule has 36 heavy (non-hydrogen) atoms. The van der Waals surface area contributed by atoms with Crippen molar-refractivity contribution in [3.63, 3.8) is 0 Å². The van der Waals surface area contributed by atoms with Crippen molar-refractivity contribution in [1.29, 1.82) is 0 Å². The van der Waals surface area contributed by atoms with Gasteiger partial charge in [-0.05, 0) is 67.4 Å². The molecule has 0 saturated carbocycles. The maximum absolute atomic E-state index is 13.2. The minimum atomic E-state index is -0.787. The Labute approximate surface area is 210 Å². The van der Waals surface area contributed by atoms with E-state index in [4.69, 9.17) is 9.47 Å². The fourth-order valence-corrected chi connectivity index (χ4v) is 4.10. The minimum Gasteiger partial charge on any atom is -0.507 e. The number of ketones is 1. The number of carbonyl (C=O) groups is 2. The molecule has 7 nitrogen and oxygen atoms in total. The Morgan fingerprint density at radius 2 is 1.78 bits per heavy atom. The van der Waals surface area contributed by atoms with E-state index in [2.05, 4.69) is 11.6 Å². The van der Waals surface area contributed by atoms with Gasteiger partial charge in [0.1, 0.15) is 23.9 Å². The van der Waals surface area contributed by atoms with E-state index in [-0.39, 0.29) is 24.0 Å². The topological polar surface area (TPSA) is 89.0 Å². The third-order valence-electron chi connectivity index (χ3n) is 5.68. The van der Waals surface area contributed by atoms with Gasteiger partial charge < -0.3 is 19.5 Å². The van der Waals surface area contributed by atoms with E-state index in [9.17, 15) is 14.7 Å². The number of likely N-dealkylation sites (tertiary alicyclic amines) is 1. The van der Waals surface area contributed by atoms with Gasteiger partial charge >= 0.3 is 0 Å². The highest BCUT2D eigenvalue weighted by Gasteiger charge is 2.46. The summed E-state index contributed by atoms with van der Waals surface area (Å²) in [5, 5.41) is 11.3. The summed E-state index contributed by atoms with van der Waals surface area (Å²) >= 11 is 0. The van der Waals surface area contributed by atoms with Crippen molar-refractivity contribution < 1.29 is 24.2 Å². The van der Waals surface area contributed by atoms with Gasteiger partial charge in [0.15, 0.2) is 0 Å². The van der Waals surface area contributed by atoms with Crippen LogP contribution < -0.4 is 9.47 Å². The monoisotopic (exact) mass is 484 g/mol. The number of rotatable bonds is 9. The Balaban J connectivity index is 1.77. The highest BCUT2D eigenvalue weighted by molar-refractivity contribution is 6.46. The summed E-state index contributed by atoms with van der Waals surface area (Å²) in [7, 11) is 0. The Morgan fingerprint density at radius 1 is 1.08 bits per heavy atom. The first-order valence-electron chi connectivity index (χ1n) is 11.7. The molecule has 0 spiro atoms. The second-order valence-electron chi connectivity index (χ2n) is 8.65. The lowest BCUT2D eigenvalue weighted by Crippen LogP contribution is -2.29. The number of amides is 1. The molecule has 2 aromatic carbocycles. The summed E-state index contributed by atoms with van der Waals surface area (Å²) in [6.07, 6.45) is 4.94. The van der Waals surface area contributed by atoms with Crippen LogP contribution in [0.5, 0.6) is 11.5 Å². The molecule has 4 rings (SSSR count). The second-order valence-corrected chi connectivity index (χ2v) is 8.65. The molecular weight excluding hydrogens is 456 g/mol.